The zero-order valence-corrected chi connectivity index (χ0v) is 14.1. The van der Waals surface area contributed by atoms with Gasteiger partial charge in [0.25, 0.3) is 0 Å². The molecule has 1 atom stereocenters. The summed E-state index contributed by atoms with van der Waals surface area (Å²) in [5, 5.41) is 2.88. The lowest BCUT2D eigenvalue weighted by Crippen LogP contribution is -2.42. The number of sulfonamides is 1. The van der Waals surface area contributed by atoms with E-state index in [4.69, 9.17) is 11.6 Å². The molecule has 2 rings (SSSR count). The molecule has 0 bridgehead atoms. The standard InChI is InChI=1S/C13H18ClFN2O2S.ClH/c1-16-8-10-4-3-7-17(9-10)20(18,19)12-6-2-5-11(14)13(12)15;/h2,5-6,10,16H,3-4,7-9H2,1H3;1H. The molecule has 1 unspecified atom stereocenters. The van der Waals surface area contributed by atoms with E-state index in [9.17, 15) is 12.8 Å². The molecule has 1 aromatic carbocycles. The number of rotatable bonds is 4. The maximum Gasteiger partial charge on any atom is 0.246 e. The fourth-order valence-corrected chi connectivity index (χ4v) is 4.40. The minimum absolute atomic E-state index is 0. The number of hydrogen-bond donors (Lipinski definition) is 1. The molecule has 1 aromatic rings. The highest BCUT2D eigenvalue weighted by atomic mass is 35.5. The largest absolute Gasteiger partial charge is 0.319 e. The van der Waals surface area contributed by atoms with E-state index >= 15 is 0 Å². The lowest BCUT2D eigenvalue weighted by molar-refractivity contribution is 0.263. The van der Waals surface area contributed by atoms with Crippen LogP contribution in [0.15, 0.2) is 23.1 Å². The number of hydrogen-bond acceptors (Lipinski definition) is 3. The Labute approximate surface area is 136 Å². The quantitative estimate of drug-likeness (QED) is 0.901. The molecule has 1 fully saturated rings. The summed E-state index contributed by atoms with van der Waals surface area (Å²) in [5.74, 6) is -0.615. The van der Waals surface area contributed by atoms with Crippen molar-refractivity contribution in [3.63, 3.8) is 0 Å². The first kappa shape index (κ1) is 18.6. The fraction of sp³-hybridized carbons (Fsp3) is 0.538. The third kappa shape index (κ3) is 4.07. The van der Waals surface area contributed by atoms with Gasteiger partial charge in [-0.3, -0.25) is 0 Å². The second kappa shape index (κ2) is 7.74. The molecule has 1 aliphatic heterocycles. The maximum absolute atomic E-state index is 13.9. The van der Waals surface area contributed by atoms with Crippen LogP contribution >= 0.6 is 24.0 Å². The van der Waals surface area contributed by atoms with E-state index in [-0.39, 0.29) is 28.2 Å². The van der Waals surface area contributed by atoms with Crippen LogP contribution in [0.1, 0.15) is 12.8 Å². The first-order valence-electron chi connectivity index (χ1n) is 6.55. The van der Waals surface area contributed by atoms with Crippen LogP contribution in [0.5, 0.6) is 0 Å². The first-order valence-corrected chi connectivity index (χ1v) is 8.37. The minimum atomic E-state index is -3.82. The highest BCUT2D eigenvalue weighted by Crippen LogP contribution is 2.27. The fourth-order valence-electron chi connectivity index (χ4n) is 2.52. The lowest BCUT2D eigenvalue weighted by Gasteiger charge is -2.31. The van der Waals surface area contributed by atoms with Gasteiger partial charge in [0.05, 0.1) is 5.02 Å². The Bertz CT molecular complexity index is 582. The molecule has 0 saturated carbocycles. The Morgan fingerprint density at radius 3 is 2.86 bits per heavy atom. The topological polar surface area (TPSA) is 49.4 Å². The van der Waals surface area contributed by atoms with Crippen molar-refractivity contribution >= 4 is 34.0 Å². The predicted octanol–water partition coefficient (Wildman–Crippen LogP) is 2.52. The van der Waals surface area contributed by atoms with Crippen molar-refractivity contribution in [1.82, 2.24) is 9.62 Å². The van der Waals surface area contributed by atoms with Crippen LogP contribution in [0.4, 0.5) is 4.39 Å². The van der Waals surface area contributed by atoms with Crippen LogP contribution in [-0.4, -0.2) is 39.4 Å². The Morgan fingerprint density at radius 2 is 2.19 bits per heavy atom. The minimum Gasteiger partial charge on any atom is -0.319 e. The SMILES string of the molecule is CNCC1CCCN(S(=O)(=O)c2cccc(Cl)c2F)C1.Cl. The van der Waals surface area contributed by atoms with Crippen molar-refractivity contribution in [2.45, 2.75) is 17.7 Å². The summed E-state index contributed by atoms with van der Waals surface area (Å²) in [6, 6.07) is 4.06. The van der Waals surface area contributed by atoms with Gasteiger partial charge in [-0.2, -0.15) is 4.31 Å². The van der Waals surface area contributed by atoms with Crippen LogP contribution in [-0.2, 0) is 10.0 Å². The lowest BCUT2D eigenvalue weighted by atomic mass is 10.00. The molecule has 4 nitrogen and oxygen atoms in total. The van der Waals surface area contributed by atoms with Gasteiger partial charge < -0.3 is 5.32 Å². The predicted molar refractivity (Wildman–Crippen MR) is 84.1 cm³/mol. The first-order chi connectivity index (χ1) is 9.46. The molecular weight excluding hydrogens is 338 g/mol. The summed E-state index contributed by atoms with van der Waals surface area (Å²) in [7, 11) is -1.98. The van der Waals surface area contributed by atoms with Crippen molar-refractivity contribution < 1.29 is 12.8 Å². The molecule has 0 amide bonds. The van der Waals surface area contributed by atoms with E-state index in [2.05, 4.69) is 5.32 Å². The molecule has 21 heavy (non-hydrogen) atoms. The van der Waals surface area contributed by atoms with E-state index in [0.717, 1.165) is 19.4 Å². The van der Waals surface area contributed by atoms with Crippen molar-refractivity contribution in [3.8, 4) is 0 Å². The van der Waals surface area contributed by atoms with Crippen LogP contribution in [0.2, 0.25) is 5.02 Å². The number of benzene rings is 1. The number of nitrogens with one attached hydrogen (secondary N) is 1. The molecule has 1 saturated heterocycles. The van der Waals surface area contributed by atoms with Gasteiger partial charge in [-0.15, -0.1) is 12.4 Å². The summed E-state index contributed by atoms with van der Waals surface area (Å²) in [5.41, 5.74) is 0. The average molecular weight is 357 g/mol. The van der Waals surface area contributed by atoms with Gasteiger partial charge >= 0.3 is 0 Å². The Morgan fingerprint density at radius 1 is 1.48 bits per heavy atom. The van der Waals surface area contributed by atoms with Gasteiger partial charge in [-0.25, -0.2) is 12.8 Å². The summed E-state index contributed by atoms with van der Waals surface area (Å²) >= 11 is 5.67. The third-order valence-corrected chi connectivity index (χ3v) is 5.68. The Kier molecular flexibility index (Phi) is 6.87. The molecule has 0 spiro atoms. The molecule has 8 heteroatoms. The van der Waals surface area contributed by atoms with Gasteiger partial charge in [0.15, 0.2) is 5.82 Å². The van der Waals surface area contributed by atoms with Crippen LogP contribution in [0.25, 0.3) is 0 Å². The highest BCUT2D eigenvalue weighted by Gasteiger charge is 2.32. The molecule has 120 valence electrons. The van der Waals surface area contributed by atoms with Crippen LogP contribution < -0.4 is 5.32 Å². The normalized spacial score (nSPS) is 20.0. The smallest absolute Gasteiger partial charge is 0.246 e. The van der Waals surface area contributed by atoms with Crippen molar-refractivity contribution in [1.29, 1.82) is 0 Å². The third-order valence-electron chi connectivity index (χ3n) is 3.51. The van der Waals surface area contributed by atoms with Gasteiger partial charge in [0, 0.05) is 13.1 Å². The van der Waals surface area contributed by atoms with E-state index in [1.54, 1.807) is 0 Å². The van der Waals surface area contributed by atoms with Crippen molar-refractivity contribution in [3.05, 3.63) is 29.0 Å². The molecule has 0 aliphatic carbocycles. The second-order valence-corrected chi connectivity index (χ2v) is 7.29. The van der Waals surface area contributed by atoms with Gasteiger partial charge in [0.1, 0.15) is 4.90 Å². The van der Waals surface area contributed by atoms with E-state index in [1.165, 1.54) is 22.5 Å². The number of piperidine rings is 1. The van der Waals surface area contributed by atoms with E-state index < -0.39 is 15.8 Å². The molecule has 0 aromatic heterocycles. The molecule has 1 aliphatic rings. The number of nitrogens with zero attached hydrogens (tertiary/aromatic N) is 1. The summed E-state index contributed by atoms with van der Waals surface area (Å²) < 4.78 is 40.3. The molecule has 0 radical (unpaired) electrons. The zero-order chi connectivity index (χ0) is 14.8. The van der Waals surface area contributed by atoms with Gasteiger partial charge in [-0.1, -0.05) is 17.7 Å². The second-order valence-electron chi connectivity index (χ2n) is 4.98. The van der Waals surface area contributed by atoms with E-state index in [1.807, 2.05) is 7.05 Å². The summed E-state index contributed by atoms with van der Waals surface area (Å²) in [4.78, 5) is -0.338. The average Bonchev–Trinajstić information content (AvgIpc) is 2.42. The zero-order valence-electron chi connectivity index (χ0n) is 11.7. The highest BCUT2D eigenvalue weighted by molar-refractivity contribution is 7.89. The Hall–Kier alpha value is -0.400. The summed E-state index contributed by atoms with van der Waals surface area (Å²) in [6.45, 7) is 1.59. The monoisotopic (exact) mass is 356 g/mol. The Balaban J connectivity index is 0.00000220. The van der Waals surface area contributed by atoms with Crippen molar-refractivity contribution in [2.24, 2.45) is 5.92 Å². The van der Waals surface area contributed by atoms with Crippen LogP contribution in [0.3, 0.4) is 0 Å². The molecular formula is C13H19Cl2FN2O2S. The van der Waals surface area contributed by atoms with Crippen LogP contribution in [0, 0.1) is 11.7 Å². The van der Waals surface area contributed by atoms with E-state index in [0.29, 0.717) is 13.1 Å². The summed E-state index contributed by atoms with van der Waals surface area (Å²) in [6.07, 6.45) is 1.76. The van der Waals surface area contributed by atoms with Gasteiger partial charge in [-0.05, 0) is 44.5 Å². The molecule has 1 heterocycles. The molecule has 1 N–H and O–H groups in total. The van der Waals surface area contributed by atoms with Crippen molar-refractivity contribution in [2.75, 3.05) is 26.7 Å². The van der Waals surface area contributed by atoms with Gasteiger partial charge in [0.2, 0.25) is 10.0 Å². The maximum atomic E-state index is 13.9. The number of halogens is 3.